The minimum absolute atomic E-state index is 0.171. The van der Waals surface area contributed by atoms with E-state index < -0.39 is 0 Å². The molecule has 0 aliphatic heterocycles. The zero-order chi connectivity index (χ0) is 20.2. The fourth-order valence-electron chi connectivity index (χ4n) is 3.10. The van der Waals surface area contributed by atoms with E-state index in [9.17, 15) is 9.18 Å². The summed E-state index contributed by atoms with van der Waals surface area (Å²) in [4.78, 5) is 12.6. The van der Waals surface area contributed by atoms with Gasteiger partial charge in [0, 0.05) is 18.0 Å². The van der Waals surface area contributed by atoms with Gasteiger partial charge in [0.1, 0.15) is 5.82 Å². The number of amides is 1. The number of halogens is 1. The van der Waals surface area contributed by atoms with Gasteiger partial charge in [-0.1, -0.05) is 41.6 Å². The van der Waals surface area contributed by atoms with Crippen LogP contribution >= 0.6 is 0 Å². The van der Waals surface area contributed by atoms with Crippen molar-refractivity contribution < 1.29 is 9.18 Å². The number of nitrogens with zero attached hydrogens (tertiary/aromatic N) is 5. The SMILES string of the molecule is C[C@H](NC(=O)c1cn(Cc2ccccc2F)nn1)c1ccccc1-n1cccn1. The first-order valence-corrected chi connectivity index (χ1v) is 9.15. The summed E-state index contributed by atoms with van der Waals surface area (Å²) in [5, 5.41) is 15.1. The number of carbonyl (C=O) groups excluding carboxylic acids is 1. The fraction of sp³-hybridized carbons (Fsp3) is 0.143. The lowest BCUT2D eigenvalue weighted by atomic mass is 10.1. The third-order valence-electron chi connectivity index (χ3n) is 4.56. The predicted octanol–water partition coefficient (Wildman–Crippen LogP) is 3.14. The summed E-state index contributed by atoms with van der Waals surface area (Å²) >= 11 is 0. The fourth-order valence-corrected chi connectivity index (χ4v) is 3.10. The molecule has 1 atom stereocenters. The van der Waals surface area contributed by atoms with Crippen LogP contribution in [0.4, 0.5) is 4.39 Å². The van der Waals surface area contributed by atoms with Gasteiger partial charge in [0.05, 0.1) is 24.5 Å². The first-order chi connectivity index (χ1) is 14.1. The van der Waals surface area contributed by atoms with Crippen LogP contribution in [0.3, 0.4) is 0 Å². The van der Waals surface area contributed by atoms with Gasteiger partial charge in [0.25, 0.3) is 5.91 Å². The van der Waals surface area contributed by atoms with E-state index in [1.165, 1.54) is 16.9 Å². The van der Waals surface area contributed by atoms with Crippen molar-refractivity contribution >= 4 is 5.91 Å². The van der Waals surface area contributed by atoms with Crippen molar-refractivity contribution in [2.24, 2.45) is 0 Å². The first-order valence-electron chi connectivity index (χ1n) is 9.15. The number of carbonyl (C=O) groups is 1. The van der Waals surface area contributed by atoms with Gasteiger partial charge in [0.15, 0.2) is 5.69 Å². The largest absolute Gasteiger partial charge is 0.344 e. The molecule has 7 nitrogen and oxygen atoms in total. The minimum atomic E-state index is -0.354. The van der Waals surface area contributed by atoms with Gasteiger partial charge in [0.2, 0.25) is 0 Å². The Labute approximate surface area is 166 Å². The lowest BCUT2D eigenvalue weighted by molar-refractivity contribution is 0.0934. The highest BCUT2D eigenvalue weighted by atomic mass is 19.1. The van der Waals surface area contributed by atoms with Gasteiger partial charge < -0.3 is 5.32 Å². The monoisotopic (exact) mass is 390 g/mol. The summed E-state index contributed by atoms with van der Waals surface area (Å²) in [6, 6.07) is 15.7. The van der Waals surface area contributed by atoms with Crippen LogP contribution in [0.15, 0.2) is 73.2 Å². The number of para-hydroxylation sites is 1. The van der Waals surface area contributed by atoms with Gasteiger partial charge in [-0.25, -0.2) is 13.8 Å². The number of hydrogen-bond acceptors (Lipinski definition) is 4. The number of aromatic nitrogens is 5. The van der Waals surface area contributed by atoms with Gasteiger partial charge in [-0.2, -0.15) is 5.10 Å². The predicted molar refractivity (Wildman–Crippen MR) is 105 cm³/mol. The second-order valence-electron chi connectivity index (χ2n) is 6.60. The molecule has 0 bridgehead atoms. The quantitative estimate of drug-likeness (QED) is 0.549. The maximum absolute atomic E-state index is 13.8. The Kier molecular flexibility index (Phi) is 5.15. The average molecular weight is 390 g/mol. The number of benzene rings is 2. The Morgan fingerprint density at radius 2 is 1.93 bits per heavy atom. The molecule has 0 saturated heterocycles. The molecule has 8 heteroatoms. The molecule has 0 spiro atoms. The highest BCUT2D eigenvalue weighted by molar-refractivity contribution is 5.92. The maximum atomic E-state index is 13.8. The Hall–Kier alpha value is -3.81. The Bertz CT molecular complexity index is 1120. The van der Waals surface area contributed by atoms with E-state index >= 15 is 0 Å². The average Bonchev–Trinajstić information content (AvgIpc) is 3.42. The Morgan fingerprint density at radius 3 is 2.72 bits per heavy atom. The van der Waals surface area contributed by atoms with E-state index in [1.807, 2.05) is 43.5 Å². The maximum Gasteiger partial charge on any atom is 0.273 e. The van der Waals surface area contributed by atoms with Crippen molar-refractivity contribution in [3.05, 3.63) is 95.8 Å². The molecule has 29 heavy (non-hydrogen) atoms. The lowest BCUT2D eigenvalue weighted by Crippen LogP contribution is -2.27. The topological polar surface area (TPSA) is 77.6 Å². The standard InChI is InChI=1S/C21H19FN6O/c1-15(17-8-3-5-10-20(17)28-12-6-11-23-28)24-21(29)19-14-27(26-25-19)13-16-7-2-4-9-18(16)22/h2-12,14-15H,13H2,1H3,(H,24,29)/t15-/m0/s1. The molecular weight excluding hydrogens is 371 g/mol. The van der Waals surface area contributed by atoms with Crippen LogP contribution in [-0.2, 0) is 6.54 Å². The Balaban J connectivity index is 1.48. The molecule has 1 N–H and O–H groups in total. The van der Waals surface area contributed by atoms with Crippen molar-refractivity contribution in [1.82, 2.24) is 30.1 Å². The third-order valence-corrected chi connectivity index (χ3v) is 4.56. The van der Waals surface area contributed by atoms with E-state index in [2.05, 4.69) is 20.7 Å². The highest BCUT2D eigenvalue weighted by Crippen LogP contribution is 2.21. The summed E-state index contributed by atoms with van der Waals surface area (Å²) in [7, 11) is 0. The van der Waals surface area contributed by atoms with E-state index in [0.29, 0.717) is 5.56 Å². The molecule has 2 heterocycles. The summed E-state index contributed by atoms with van der Waals surface area (Å²) < 4.78 is 17.0. The molecule has 146 valence electrons. The van der Waals surface area contributed by atoms with E-state index in [-0.39, 0.29) is 30.0 Å². The van der Waals surface area contributed by atoms with Crippen molar-refractivity contribution in [2.75, 3.05) is 0 Å². The van der Waals surface area contributed by atoms with Crippen molar-refractivity contribution in [3.63, 3.8) is 0 Å². The summed E-state index contributed by atoms with van der Waals surface area (Å²) in [5.74, 6) is -0.676. The molecule has 0 unspecified atom stereocenters. The summed E-state index contributed by atoms with van der Waals surface area (Å²) in [6.07, 6.45) is 5.06. The number of rotatable bonds is 6. The molecular formula is C21H19FN6O. The molecule has 0 fully saturated rings. The molecule has 2 aromatic heterocycles. The molecule has 0 saturated carbocycles. The molecule has 0 aliphatic rings. The van der Waals surface area contributed by atoms with Crippen LogP contribution in [0.1, 0.15) is 34.6 Å². The van der Waals surface area contributed by atoms with Gasteiger partial charge in [-0.3, -0.25) is 4.79 Å². The van der Waals surface area contributed by atoms with Gasteiger partial charge in [-0.05, 0) is 30.7 Å². The van der Waals surface area contributed by atoms with E-state index in [0.717, 1.165) is 11.3 Å². The molecule has 0 radical (unpaired) electrons. The van der Waals surface area contributed by atoms with Crippen LogP contribution < -0.4 is 5.32 Å². The zero-order valence-electron chi connectivity index (χ0n) is 15.7. The van der Waals surface area contributed by atoms with Crippen LogP contribution in [0.25, 0.3) is 5.69 Å². The minimum Gasteiger partial charge on any atom is -0.344 e. The van der Waals surface area contributed by atoms with Crippen LogP contribution in [0, 0.1) is 5.82 Å². The smallest absolute Gasteiger partial charge is 0.273 e. The zero-order valence-corrected chi connectivity index (χ0v) is 15.7. The van der Waals surface area contributed by atoms with Crippen molar-refractivity contribution in [2.45, 2.75) is 19.5 Å². The third kappa shape index (κ3) is 4.06. The highest BCUT2D eigenvalue weighted by Gasteiger charge is 2.18. The van der Waals surface area contributed by atoms with Gasteiger partial charge >= 0.3 is 0 Å². The van der Waals surface area contributed by atoms with Crippen LogP contribution in [0.5, 0.6) is 0 Å². The number of hydrogen-bond donors (Lipinski definition) is 1. The van der Waals surface area contributed by atoms with Crippen LogP contribution in [0.2, 0.25) is 0 Å². The van der Waals surface area contributed by atoms with E-state index in [1.54, 1.807) is 29.1 Å². The Morgan fingerprint density at radius 1 is 1.14 bits per heavy atom. The second kappa shape index (κ2) is 8.05. The summed E-state index contributed by atoms with van der Waals surface area (Å²) in [6.45, 7) is 2.09. The van der Waals surface area contributed by atoms with Crippen LogP contribution in [-0.4, -0.2) is 30.7 Å². The molecule has 2 aromatic carbocycles. The lowest BCUT2D eigenvalue weighted by Gasteiger charge is -2.17. The normalized spacial score (nSPS) is 11.9. The number of nitrogens with one attached hydrogen (secondary N) is 1. The molecule has 4 aromatic rings. The van der Waals surface area contributed by atoms with E-state index in [4.69, 9.17) is 0 Å². The van der Waals surface area contributed by atoms with Crippen molar-refractivity contribution in [3.8, 4) is 5.69 Å². The van der Waals surface area contributed by atoms with Gasteiger partial charge in [-0.15, -0.1) is 5.10 Å². The first kappa shape index (κ1) is 18.5. The summed E-state index contributed by atoms with van der Waals surface area (Å²) in [5.41, 5.74) is 2.45. The molecule has 0 aliphatic carbocycles. The molecule has 4 rings (SSSR count). The second-order valence-corrected chi connectivity index (χ2v) is 6.60. The van der Waals surface area contributed by atoms with Crippen molar-refractivity contribution in [1.29, 1.82) is 0 Å². The molecule has 1 amide bonds.